The minimum absolute atomic E-state index is 0. The molecule has 0 nitrogen and oxygen atoms in total. The van der Waals surface area contributed by atoms with Crippen LogP contribution in [0.1, 0.15) is 43.2 Å². The van der Waals surface area contributed by atoms with Gasteiger partial charge in [-0.05, 0) is 11.1 Å². The molecule has 0 saturated heterocycles. The Morgan fingerprint density at radius 3 is 2.59 bits per heavy atom. The summed E-state index contributed by atoms with van der Waals surface area (Å²) in [5, 5.41) is 0. The van der Waals surface area contributed by atoms with Crippen molar-refractivity contribution in [2.24, 2.45) is 0 Å². The van der Waals surface area contributed by atoms with E-state index in [1.807, 2.05) is 0 Å². The van der Waals surface area contributed by atoms with E-state index in [4.69, 9.17) is 0 Å². The van der Waals surface area contributed by atoms with E-state index in [-0.39, 0.29) is 51.0 Å². The molecule has 1 atom stereocenters. The quantitative estimate of drug-likeness (QED) is 0.445. The molecule has 1 unspecified atom stereocenters. The van der Waals surface area contributed by atoms with Gasteiger partial charge in [0.1, 0.15) is 0 Å². The first-order chi connectivity index (χ1) is 6.92. The van der Waals surface area contributed by atoms with E-state index in [1.165, 1.54) is 30.4 Å². The van der Waals surface area contributed by atoms with Gasteiger partial charge in [0.25, 0.3) is 0 Å². The molecule has 1 radical (unpaired) electrons. The zero-order chi connectivity index (χ0) is 9.80. The van der Waals surface area contributed by atoms with Gasteiger partial charge in [0, 0.05) is 5.92 Å². The van der Waals surface area contributed by atoms with E-state index < -0.39 is 0 Å². The summed E-state index contributed by atoms with van der Waals surface area (Å²) in [4.78, 5) is 0. The van der Waals surface area contributed by atoms with Crippen molar-refractivity contribution in [3.8, 4) is 0 Å². The van der Waals surface area contributed by atoms with Crippen molar-refractivity contribution in [2.75, 3.05) is 0 Å². The first-order valence-corrected chi connectivity index (χ1v) is 5.50. The Hall–Kier alpha value is 0.423. The maximum atomic E-state index is 2.37. The molecule has 0 bridgehead atoms. The third-order valence-electron chi connectivity index (χ3n) is 2.87. The van der Waals surface area contributed by atoms with Gasteiger partial charge in [-0.15, -0.1) is 0 Å². The molecular weight excluding hydrogens is 330 g/mol. The summed E-state index contributed by atoms with van der Waals surface area (Å²) < 4.78 is 0. The standard InChI is InChI=1S/C14H17.2ClH.Zr/c1-2-3-4-7-12-10-11-13-8-5-6-9-14(12)13;;;/h3,5-6,8-12H,2,4,7H2,1H3;2*1H;/q-1;;;+3/p-2. The summed E-state index contributed by atoms with van der Waals surface area (Å²) in [7, 11) is 0. The van der Waals surface area contributed by atoms with Crippen LogP contribution in [-0.2, 0) is 26.2 Å². The fourth-order valence-electron chi connectivity index (χ4n) is 2.08. The molecule has 1 aromatic carbocycles. The van der Waals surface area contributed by atoms with Gasteiger partial charge in [0.2, 0.25) is 0 Å². The molecule has 0 aromatic heterocycles. The molecule has 1 aromatic rings. The Kier molecular flexibility index (Phi) is 12.0. The van der Waals surface area contributed by atoms with Crippen LogP contribution in [0, 0.1) is 6.42 Å². The Morgan fingerprint density at radius 2 is 1.88 bits per heavy atom. The molecule has 1 aliphatic carbocycles. The van der Waals surface area contributed by atoms with Gasteiger partial charge in [0.15, 0.2) is 0 Å². The van der Waals surface area contributed by atoms with Gasteiger partial charge in [-0.3, -0.25) is 0 Å². The fraction of sp³-hybridized carbons (Fsp3) is 0.357. The Labute approximate surface area is 136 Å². The third-order valence-corrected chi connectivity index (χ3v) is 2.87. The van der Waals surface area contributed by atoms with Crippen molar-refractivity contribution in [1.29, 1.82) is 0 Å². The molecule has 0 aliphatic heterocycles. The van der Waals surface area contributed by atoms with Crippen molar-refractivity contribution < 1.29 is 51.0 Å². The van der Waals surface area contributed by atoms with E-state index in [1.54, 1.807) is 0 Å². The Morgan fingerprint density at radius 1 is 1.18 bits per heavy atom. The van der Waals surface area contributed by atoms with Crippen molar-refractivity contribution >= 4 is 6.08 Å². The van der Waals surface area contributed by atoms with Crippen molar-refractivity contribution in [3.05, 3.63) is 47.9 Å². The molecule has 0 N–H and O–H groups in total. The molecule has 0 saturated carbocycles. The van der Waals surface area contributed by atoms with Crippen molar-refractivity contribution in [1.82, 2.24) is 0 Å². The van der Waals surface area contributed by atoms with Crippen molar-refractivity contribution in [3.63, 3.8) is 0 Å². The minimum atomic E-state index is 0. The van der Waals surface area contributed by atoms with Crippen LogP contribution in [0.25, 0.3) is 6.08 Å². The zero-order valence-electron chi connectivity index (χ0n) is 10.00. The molecular formula is C14H17Cl2Zr. The van der Waals surface area contributed by atoms with E-state index >= 15 is 0 Å². The van der Waals surface area contributed by atoms with E-state index in [0.29, 0.717) is 5.92 Å². The molecule has 17 heavy (non-hydrogen) atoms. The number of fused-ring (bicyclic) bond motifs is 1. The van der Waals surface area contributed by atoms with Crippen LogP contribution in [0.3, 0.4) is 0 Å². The topological polar surface area (TPSA) is 0 Å². The van der Waals surface area contributed by atoms with Gasteiger partial charge < -0.3 is 31.2 Å². The molecule has 0 amide bonds. The van der Waals surface area contributed by atoms with Crippen LogP contribution in [0.15, 0.2) is 30.3 Å². The molecule has 2 rings (SSSR count). The summed E-state index contributed by atoms with van der Waals surface area (Å²) in [6.07, 6.45) is 10.7. The van der Waals surface area contributed by atoms with Crippen LogP contribution >= 0.6 is 0 Å². The molecule has 0 fully saturated rings. The van der Waals surface area contributed by atoms with Crippen LogP contribution in [0.2, 0.25) is 0 Å². The van der Waals surface area contributed by atoms with Gasteiger partial charge in [-0.2, -0.15) is 12.8 Å². The monoisotopic (exact) mass is 345 g/mol. The van der Waals surface area contributed by atoms with E-state index in [9.17, 15) is 0 Å². The third kappa shape index (κ3) is 5.29. The van der Waals surface area contributed by atoms with Crippen LogP contribution in [0.5, 0.6) is 0 Å². The molecule has 1 aliphatic rings. The number of halogens is 2. The maximum absolute atomic E-state index is 2.37. The fourth-order valence-corrected chi connectivity index (χ4v) is 2.08. The number of hydrogen-bond donors (Lipinski definition) is 0. The second-order valence-corrected chi connectivity index (χ2v) is 3.87. The van der Waals surface area contributed by atoms with Crippen molar-refractivity contribution in [2.45, 2.75) is 32.1 Å². The first-order valence-electron chi connectivity index (χ1n) is 5.50. The average Bonchev–Trinajstić information content (AvgIpc) is 2.63. The average molecular weight is 347 g/mol. The van der Waals surface area contributed by atoms with Crippen LogP contribution < -0.4 is 24.8 Å². The smallest absolute Gasteiger partial charge is 1.00 e. The summed E-state index contributed by atoms with van der Waals surface area (Å²) in [6.45, 7) is 2.21. The second-order valence-electron chi connectivity index (χ2n) is 3.87. The predicted molar refractivity (Wildman–Crippen MR) is 62.0 cm³/mol. The SMILES string of the molecule is CC[CH-]CCC1C=Cc2ccccc21.[Cl-].[Cl-].[Zr+3]. The molecule has 0 heterocycles. The minimum Gasteiger partial charge on any atom is -1.00 e. The van der Waals surface area contributed by atoms with Gasteiger partial charge in [-0.1, -0.05) is 49.8 Å². The number of hydrogen-bond acceptors (Lipinski definition) is 0. The van der Waals surface area contributed by atoms with Gasteiger partial charge >= 0.3 is 26.2 Å². The normalized spacial score (nSPS) is 15.2. The molecule has 91 valence electrons. The zero-order valence-corrected chi connectivity index (χ0v) is 14.0. The Balaban J connectivity index is 0. The summed E-state index contributed by atoms with van der Waals surface area (Å²) in [6, 6.07) is 8.72. The summed E-state index contributed by atoms with van der Waals surface area (Å²) >= 11 is 0. The van der Waals surface area contributed by atoms with Crippen LogP contribution in [-0.4, -0.2) is 0 Å². The first kappa shape index (κ1) is 19.8. The predicted octanol–water partition coefficient (Wildman–Crippen LogP) is -1.80. The van der Waals surface area contributed by atoms with Gasteiger partial charge in [0.05, 0.1) is 0 Å². The molecule has 0 spiro atoms. The van der Waals surface area contributed by atoms with E-state index in [0.717, 1.165) is 0 Å². The summed E-state index contributed by atoms with van der Waals surface area (Å²) in [5.74, 6) is 0.661. The second kappa shape index (κ2) is 10.4. The molecule has 3 heteroatoms. The van der Waals surface area contributed by atoms with Gasteiger partial charge in [-0.25, -0.2) is 0 Å². The van der Waals surface area contributed by atoms with E-state index in [2.05, 4.69) is 49.8 Å². The number of benzene rings is 1. The Bertz CT molecular complexity index is 337. The van der Waals surface area contributed by atoms with Crippen LogP contribution in [0.4, 0.5) is 0 Å². The number of rotatable bonds is 4. The number of unbranched alkanes of at least 4 members (excludes halogenated alkanes) is 2. The maximum Gasteiger partial charge on any atom is 3.00 e. The number of allylic oxidation sites excluding steroid dienone is 1. The summed E-state index contributed by atoms with van der Waals surface area (Å²) in [5.41, 5.74) is 2.92. The largest absolute Gasteiger partial charge is 3.00 e.